The average molecular weight is 584 g/mol. The molecular formula is C34H45N7S. The maximum Gasteiger partial charge on any atom is 0.158 e. The van der Waals surface area contributed by atoms with Crippen LogP contribution < -0.4 is 9.80 Å². The van der Waals surface area contributed by atoms with Crippen molar-refractivity contribution < 1.29 is 0 Å². The van der Waals surface area contributed by atoms with Crippen LogP contribution in [0.4, 0.5) is 33.0 Å². The van der Waals surface area contributed by atoms with Gasteiger partial charge in [0.05, 0.1) is 5.69 Å². The molecule has 0 atom stereocenters. The number of benzene rings is 2. The molecule has 2 aromatic heterocycles. The summed E-state index contributed by atoms with van der Waals surface area (Å²) >= 11 is 1.52. The van der Waals surface area contributed by atoms with Crippen molar-refractivity contribution >= 4 is 55.1 Å². The Kier molecular flexibility index (Phi) is 8.61. The van der Waals surface area contributed by atoms with E-state index >= 15 is 0 Å². The third kappa shape index (κ3) is 5.10. The Labute approximate surface area is 255 Å². The van der Waals surface area contributed by atoms with Gasteiger partial charge in [-0.05, 0) is 148 Å². The van der Waals surface area contributed by atoms with E-state index in [1.165, 1.54) is 61.1 Å². The monoisotopic (exact) mass is 583 g/mol. The molecule has 0 saturated heterocycles. The Hall–Kier alpha value is -3.65. The number of rotatable bonds is 6. The highest BCUT2D eigenvalue weighted by molar-refractivity contribution is 7.19. The van der Waals surface area contributed by atoms with Crippen molar-refractivity contribution in [2.24, 2.45) is 20.5 Å². The van der Waals surface area contributed by atoms with Gasteiger partial charge >= 0.3 is 0 Å². The van der Waals surface area contributed by atoms with E-state index in [2.05, 4.69) is 76.2 Å². The van der Waals surface area contributed by atoms with Crippen LogP contribution in [0.15, 0.2) is 20.5 Å². The molecule has 0 aliphatic heterocycles. The zero-order valence-electron chi connectivity index (χ0n) is 28.0. The Morgan fingerprint density at radius 1 is 0.405 bits per heavy atom. The lowest BCUT2D eigenvalue weighted by Crippen LogP contribution is -2.17. The molecule has 0 fully saturated rings. The largest absolute Gasteiger partial charge is 0.362 e. The lowest BCUT2D eigenvalue weighted by Gasteiger charge is -2.22. The van der Waals surface area contributed by atoms with E-state index in [9.17, 15) is 0 Å². The zero-order valence-corrected chi connectivity index (χ0v) is 28.9. The summed E-state index contributed by atoms with van der Waals surface area (Å²) in [6, 6.07) is 0. The molecular weight excluding hydrogens is 538 g/mol. The molecule has 0 bridgehead atoms. The predicted octanol–water partition coefficient (Wildman–Crippen LogP) is 10.7. The van der Waals surface area contributed by atoms with Crippen LogP contribution in [0, 0.1) is 76.2 Å². The molecule has 0 saturated carbocycles. The summed E-state index contributed by atoms with van der Waals surface area (Å²) in [5.41, 5.74) is 15.1. The van der Waals surface area contributed by atoms with Crippen molar-refractivity contribution in [2.45, 2.75) is 76.2 Å². The number of aryl methyl sites for hydroxylation is 4. The molecule has 0 radical (unpaired) electrons. The minimum absolute atomic E-state index is 0.783. The van der Waals surface area contributed by atoms with Gasteiger partial charge in [0.2, 0.25) is 0 Å². The van der Waals surface area contributed by atoms with Crippen LogP contribution >= 0.6 is 11.3 Å². The van der Waals surface area contributed by atoms with Crippen molar-refractivity contribution in [3.63, 3.8) is 0 Å². The highest BCUT2D eigenvalue weighted by Crippen LogP contribution is 2.45. The van der Waals surface area contributed by atoms with Crippen molar-refractivity contribution in [1.29, 1.82) is 0 Å². The summed E-state index contributed by atoms with van der Waals surface area (Å²) in [5, 5.41) is 23.5. The van der Waals surface area contributed by atoms with E-state index in [-0.39, 0.29) is 0 Å². The summed E-state index contributed by atoms with van der Waals surface area (Å²) in [5.74, 6) is 1.73. The topological polar surface area (TPSA) is 68.8 Å². The third-order valence-electron chi connectivity index (χ3n) is 9.11. The van der Waals surface area contributed by atoms with Gasteiger partial charge < -0.3 is 9.80 Å². The lowest BCUT2D eigenvalue weighted by atomic mass is 9.85. The van der Waals surface area contributed by atoms with Crippen LogP contribution in [0.3, 0.4) is 0 Å². The van der Waals surface area contributed by atoms with Crippen LogP contribution in [-0.2, 0) is 0 Å². The maximum absolute atomic E-state index is 4.89. The number of thiophene rings is 1. The number of nitrogens with zero attached hydrogens (tertiary/aromatic N) is 7. The van der Waals surface area contributed by atoms with E-state index in [4.69, 9.17) is 25.4 Å². The molecule has 0 aliphatic rings. The molecule has 4 aromatic rings. The molecule has 0 amide bonds. The fourth-order valence-corrected chi connectivity index (χ4v) is 6.69. The molecule has 2 aromatic carbocycles. The number of fused-ring (bicyclic) bond motifs is 1. The summed E-state index contributed by atoms with van der Waals surface area (Å²) in [7, 11) is 7.99. The summed E-state index contributed by atoms with van der Waals surface area (Å²) in [6.07, 6.45) is 0. The molecule has 222 valence electrons. The zero-order chi connectivity index (χ0) is 31.4. The fraction of sp³-hybridized carbons (Fsp3) is 0.441. The lowest BCUT2D eigenvalue weighted by molar-refractivity contribution is 0.989. The van der Waals surface area contributed by atoms with E-state index in [0.717, 1.165) is 55.3 Å². The number of hydrogen-bond acceptors (Lipinski definition) is 8. The van der Waals surface area contributed by atoms with E-state index < -0.39 is 0 Å². The second-order valence-electron chi connectivity index (χ2n) is 12.0. The number of azo groups is 2. The van der Waals surface area contributed by atoms with Gasteiger partial charge in [-0.3, -0.25) is 0 Å². The Balaban J connectivity index is 1.80. The minimum atomic E-state index is 0.783. The second kappa shape index (κ2) is 11.6. The van der Waals surface area contributed by atoms with Gasteiger partial charge in [0, 0.05) is 28.2 Å². The average Bonchev–Trinajstić information content (AvgIpc) is 3.20. The molecule has 7 nitrogen and oxygen atoms in total. The quantitative estimate of drug-likeness (QED) is 0.212. The van der Waals surface area contributed by atoms with Crippen LogP contribution in [0.5, 0.6) is 0 Å². The summed E-state index contributed by atoms with van der Waals surface area (Å²) in [6.45, 7) is 23.8. The number of aromatic nitrogens is 1. The molecule has 8 heteroatoms. The van der Waals surface area contributed by atoms with Crippen molar-refractivity contribution in [3.05, 3.63) is 61.2 Å². The Morgan fingerprint density at radius 3 is 1.29 bits per heavy atom. The highest BCUT2D eigenvalue weighted by atomic mass is 32.1. The van der Waals surface area contributed by atoms with Gasteiger partial charge in [-0.2, -0.15) is 0 Å². The molecule has 0 N–H and O–H groups in total. The SMILES string of the molecule is Cc1c(N(C)C)nc(N(C)C)c(N=Nc2sc(/N=N/c3c(C)c(C)c4c(C)c(C)c(C)c(C)c4c3C)c(C)c2C)c1C. The number of anilines is 2. The van der Waals surface area contributed by atoms with Crippen molar-refractivity contribution in [2.75, 3.05) is 38.0 Å². The first kappa shape index (κ1) is 31.3. The Bertz CT molecular complexity index is 1790. The molecule has 2 heterocycles. The standard InChI is InChI=1S/C34H45N7S/c1-16-17(2)19(4)28-26(11)29(21(6)20(5)27(28)18(16)3)36-38-33-24(9)25(10)34(42-33)39-37-30-22(7)23(8)31(40(12)13)35-32(30)41(14)15/h1-15H3/b38-36+,39-37?. The molecule has 42 heavy (non-hydrogen) atoms. The number of hydrogen-bond donors (Lipinski definition) is 0. The van der Waals surface area contributed by atoms with Gasteiger partial charge in [-0.25, -0.2) is 4.98 Å². The van der Waals surface area contributed by atoms with Gasteiger partial charge in [0.25, 0.3) is 0 Å². The van der Waals surface area contributed by atoms with Crippen molar-refractivity contribution in [3.8, 4) is 0 Å². The minimum Gasteiger partial charge on any atom is -0.362 e. The van der Waals surface area contributed by atoms with Crippen molar-refractivity contribution in [1.82, 2.24) is 4.98 Å². The third-order valence-corrected chi connectivity index (χ3v) is 10.3. The second-order valence-corrected chi connectivity index (χ2v) is 13.0. The molecule has 0 unspecified atom stereocenters. The fourth-order valence-electron chi connectivity index (χ4n) is 5.73. The summed E-state index contributed by atoms with van der Waals surface area (Å²) in [4.78, 5) is 8.91. The van der Waals surface area contributed by atoms with Gasteiger partial charge in [0.15, 0.2) is 5.82 Å². The first-order valence-electron chi connectivity index (χ1n) is 14.4. The van der Waals surface area contributed by atoms with Crippen LogP contribution in [0.1, 0.15) is 61.2 Å². The summed E-state index contributed by atoms with van der Waals surface area (Å²) < 4.78 is 0. The van der Waals surface area contributed by atoms with Crippen LogP contribution in [0.25, 0.3) is 10.8 Å². The van der Waals surface area contributed by atoms with E-state index in [1.54, 1.807) is 0 Å². The van der Waals surface area contributed by atoms with Gasteiger partial charge in [-0.1, -0.05) is 11.3 Å². The smallest absolute Gasteiger partial charge is 0.158 e. The van der Waals surface area contributed by atoms with Gasteiger partial charge in [0.1, 0.15) is 21.5 Å². The maximum atomic E-state index is 4.89. The first-order chi connectivity index (χ1) is 19.6. The Morgan fingerprint density at radius 2 is 0.810 bits per heavy atom. The van der Waals surface area contributed by atoms with Gasteiger partial charge in [-0.15, -0.1) is 20.5 Å². The predicted molar refractivity (Wildman–Crippen MR) is 182 cm³/mol. The molecule has 0 spiro atoms. The highest BCUT2D eigenvalue weighted by Gasteiger charge is 2.20. The van der Waals surface area contributed by atoms with Crippen LogP contribution in [0.2, 0.25) is 0 Å². The van der Waals surface area contributed by atoms with Crippen LogP contribution in [-0.4, -0.2) is 33.2 Å². The first-order valence-corrected chi connectivity index (χ1v) is 15.2. The number of pyridine rings is 1. The van der Waals surface area contributed by atoms with E-state index in [0.29, 0.717) is 0 Å². The normalized spacial score (nSPS) is 12.0. The van der Waals surface area contributed by atoms with E-state index in [1.807, 2.05) is 38.0 Å². The molecule has 0 aliphatic carbocycles. The molecule has 4 rings (SSSR count).